The Kier molecular flexibility index (Phi) is 7.20. The second-order valence-electron chi connectivity index (χ2n) is 1.24. The van der Waals surface area contributed by atoms with Crippen LogP contribution in [0.5, 0.6) is 0 Å². The Morgan fingerprint density at radius 3 is 1.33 bits per heavy atom. The molecular weight excluding hydrogens is 177 g/mol. The van der Waals surface area contributed by atoms with Crippen molar-refractivity contribution in [3.8, 4) is 0 Å². The van der Waals surface area contributed by atoms with Gasteiger partial charge in [-0.3, -0.25) is 0 Å². The van der Waals surface area contributed by atoms with Crippen molar-refractivity contribution in [3.63, 3.8) is 0 Å². The fourth-order valence-corrected chi connectivity index (χ4v) is 0.204. The van der Waals surface area contributed by atoms with Crippen LogP contribution in [0.15, 0.2) is 0 Å². The minimum absolute atomic E-state index is 0. The number of carboxylic acid groups (broad SMARTS) is 2. The molecule has 0 radical (unpaired) electrons. The quantitative estimate of drug-likeness (QED) is 0.443. The van der Waals surface area contributed by atoms with Crippen LogP contribution in [-0.2, 0) is 29.1 Å². The molecule has 0 spiro atoms. The number of carbonyl (C=O) groups is 2. The molecule has 0 amide bonds. The van der Waals surface area contributed by atoms with Crippen molar-refractivity contribution in [2.45, 2.75) is 12.8 Å². The van der Waals surface area contributed by atoms with Gasteiger partial charge in [-0.05, 0) is 12.8 Å². The van der Waals surface area contributed by atoms with Crippen LogP contribution < -0.4 is 10.2 Å². The molecule has 0 bridgehead atoms. The second kappa shape index (κ2) is 5.70. The van der Waals surface area contributed by atoms with Gasteiger partial charge in [0, 0.05) is 11.9 Å². The van der Waals surface area contributed by atoms with Crippen LogP contribution in [-0.4, -0.2) is 11.9 Å². The molecule has 0 rings (SSSR count). The average Bonchev–Trinajstić information content (AvgIpc) is 1.61. The van der Waals surface area contributed by atoms with Gasteiger partial charge in [-0.2, -0.15) is 0 Å². The van der Waals surface area contributed by atoms with Crippen LogP contribution >= 0.6 is 0 Å². The minimum atomic E-state index is -1.37. The molecule has 0 saturated carbocycles. The summed E-state index contributed by atoms with van der Waals surface area (Å²) in [6.07, 6.45) is -0.940. The third-order valence-electron chi connectivity index (χ3n) is 0.533. The minimum Gasteiger partial charge on any atom is -0.550 e. The summed E-state index contributed by atoms with van der Waals surface area (Å²) in [5.74, 6) is -2.73. The molecule has 0 aromatic heterocycles. The number of carboxylic acids is 2. The molecule has 0 atom stereocenters. The first kappa shape index (κ1) is 11.4. The maximum absolute atomic E-state index is 9.50. The molecule has 0 aromatic carbocycles. The van der Waals surface area contributed by atoms with Crippen LogP contribution in [0.25, 0.3) is 0 Å². The van der Waals surface area contributed by atoms with Crippen molar-refractivity contribution < 1.29 is 39.3 Å². The van der Waals surface area contributed by atoms with E-state index in [4.69, 9.17) is 0 Å². The van der Waals surface area contributed by atoms with Gasteiger partial charge in [0.15, 0.2) is 0 Å². The molecular formula is C4H4O4Zn. The Labute approximate surface area is 64.6 Å². The van der Waals surface area contributed by atoms with Crippen LogP contribution in [0, 0.1) is 0 Å². The molecule has 5 heteroatoms. The summed E-state index contributed by atoms with van der Waals surface area (Å²) < 4.78 is 0. The van der Waals surface area contributed by atoms with E-state index in [2.05, 4.69) is 0 Å². The molecule has 0 heterocycles. The van der Waals surface area contributed by atoms with E-state index >= 15 is 0 Å². The van der Waals surface area contributed by atoms with Gasteiger partial charge in [-0.1, -0.05) is 0 Å². The molecule has 0 aliphatic rings. The summed E-state index contributed by atoms with van der Waals surface area (Å²) in [6.45, 7) is 0. The summed E-state index contributed by atoms with van der Waals surface area (Å²) in [5, 5.41) is 19.0. The summed E-state index contributed by atoms with van der Waals surface area (Å²) in [4.78, 5) is 19.0. The van der Waals surface area contributed by atoms with E-state index in [1.165, 1.54) is 0 Å². The van der Waals surface area contributed by atoms with Crippen molar-refractivity contribution in [3.05, 3.63) is 0 Å². The number of aliphatic carboxylic acids is 2. The maximum Gasteiger partial charge on any atom is 2.00 e. The Balaban J connectivity index is 0. The smallest absolute Gasteiger partial charge is 0.550 e. The molecule has 0 aliphatic heterocycles. The fourth-order valence-electron chi connectivity index (χ4n) is 0.204. The van der Waals surface area contributed by atoms with Gasteiger partial charge in [-0.15, -0.1) is 0 Å². The van der Waals surface area contributed by atoms with E-state index in [-0.39, 0.29) is 19.5 Å². The Hall–Kier alpha value is -0.437. The predicted octanol–water partition coefficient (Wildman–Crippen LogP) is -2.74. The van der Waals surface area contributed by atoms with Crippen molar-refractivity contribution in [1.29, 1.82) is 0 Å². The number of rotatable bonds is 3. The summed E-state index contributed by atoms with van der Waals surface area (Å²) in [5.41, 5.74) is 0. The largest absolute Gasteiger partial charge is 2.00 e. The zero-order valence-corrected chi connectivity index (χ0v) is 7.72. The first-order chi connectivity index (χ1) is 3.63. The van der Waals surface area contributed by atoms with E-state index in [1.54, 1.807) is 0 Å². The predicted molar refractivity (Wildman–Crippen MR) is 19.2 cm³/mol. The monoisotopic (exact) mass is 180 g/mol. The molecule has 9 heavy (non-hydrogen) atoms. The molecule has 0 N–H and O–H groups in total. The van der Waals surface area contributed by atoms with Gasteiger partial charge in [0.05, 0.1) is 0 Å². The van der Waals surface area contributed by atoms with E-state index in [9.17, 15) is 19.8 Å². The van der Waals surface area contributed by atoms with Crippen LogP contribution in [0.2, 0.25) is 0 Å². The normalized spacial score (nSPS) is 7.56. The standard InChI is InChI=1S/C4H6O4.Zn/c5-3(6)1-2-4(7)8;/h1-2H2,(H,5,6)(H,7,8);/q;+2/p-2. The Morgan fingerprint density at radius 2 is 1.22 bits per heavy atom. The van der Waals surface area contributed by atoms with Crippen molar-refractivity contribution in [2.24, 2.45) is 0 Å². The SMILES string of the molecule is O=C([O-])CCC(=O)[O-].[Zn+2]. The van der Waals surface area contributed by atoms with Crippen LogP contribution in [0.1, 0.15) is 12.8 Å². The van der Waals surface area contributed by atoms with Crippen molar-refractivity contribution in [1.82, 2.24) is 0 Å². The van der Waals surface area contributed by atoms with Crippen LogP contribution in [0.3, 0.4) is 0 Å². The second-order valence-corrected chi connectivity index (χ2v) is 1.24. The molecule has 0 unspecified atom stereocenters. The molecule has 0 aliphatic carbocycles. The van der Waals surface area contributed by atoms with E-state index < -0.39 is 24.8 Å². The van der Waals surface area contributed by atoms with E-state index in [1.807, 2.05) is 0 Å². The van der Waals surface area contributed by atoms with Crippen molar-refractivity contribution >= 4 is 11.9 Å². The fraction of sp³-hybridized carbons (Fsp3) is 0.500. The summed E-state index contributed by atoms with van der Waals surface area (Å²) >= 11 is 0. The number of carbonyl (C=O) groups excluding carboxylic acids is 2. The van der Waals surface area contributed by atoms with E-state index in [0.29, 0.717) is 0 Å². The topological polar surface area (TPSA) is 80.3 Å². The Bertz CT molecular complexity index is 97.1. The van der Waals surface area contributed by atoms with Gasteiger partial charge in [0.1, 0.15) is 0 Å². The van der Waals surface area contributed by atoms with Gasteiger partial charge in [0.2, 0.25) is 0 Å². The van der Waals surface area contributed by atoms with Gasteiger partial charge < -0.3 is 19.8 Å². The molecule has 0 aromatic rings. The first-order valence-electron chi connectivity index (χ1n) is 2.02. The summed E-state index contributed by atoms with van der Waals surface area (Å²) in [6, 6.07) is 0. The van der Waals surface area contributed by atoms with E-state index in [0.717, 1.165) is 0 Å². The number of hydrogen-bond donors (Lipinski definition) is 0. The maximum atomic E-state index is 9.50. The zero-order chi connectivity index (χ0) is 6.57. The average molecular weight is 181 g/mol. The van der Waals surface area contributed by atoms with Crippen molar-refractivity contribution in [2.75, 3.05) is 0 Å². The molecule has 46 valence electrons. The molecule has 0 saturated heterocycles. The van der Waals surface area contributed by atoms with Gasteiger partial charge in [-0.25, -0.2) is 0 Å². The van der Waals surface area contributed by atoms with Gasteiger partial charge in [0.25, 0.3) is 0 Å². The first-order valence-corrected chi connectivity index (χ1v) is 2.02. The zero-order valence-electron chi connectivity index (χ0n) is 4.75. The third kappa shape index (κ3) is 11.2. The van der Waals surface area contributed by atoms with Crippen LogP contribution in [0.4, 0.5) is 0 Å². The third-order valence-corrected chi connectivity index (χ3v) is 0.533. The molecule has 0 fully saturated rings. The molecule has 4 nitrogen and oxygen atoms in total. The Morgan fingerprint density at radius 1 is 1.00 bits per heavy atom. The van der Waals surface area contributed by atoms with Gasteiger partial charge >= 0.3 is 19.5 Å². The number of hydrogen-bond acceptors (Lipinski definition) is 4. The summed E-state index contributed by atoms with van der Waals surface area (Å²) in [7, 11) is 0.